The third kappa shape index (κ3) is 5.02. The minimum atomic E-state index is -1.18. The number of anilines is 2. The molecule has 5 atom stereocenters. The van der Waals surface area contributed by atoms with E-state index >= 15 is 4.39 Å². The molecule has 3 fully saturated rings. The van der Waals surface area contributed by atoms with E-state index in [0.29, 0.717) is 29.4 Å². The number of hydrogen-bond donors (Lipinski definition) is 4. The summed E-state index contributed by atoms with van der Waals surface area (Å²) in [5, 5.41) is 10.3. The zero-order valence-corrected chi connectivity index (χ0v) is 26.3. The van der Waals surface area contributed by atoms with Gasteiger partial charge in [-0.15, -0.1) is 0 Å². The van der Waals surface area contributed by atoms with Crippen LogP contribution >= 0.6 is 11.6 Å². The highest BCUT2D eigenvalue weighted by atomic mass is 35.5. The second-order valence-electron chi connectivity index (χ2n) is 12.9. The summed E-state index contributed by atoms with van der Waals surface area (Å²) < 4.78 is 66.2. The number of pyridine rings is 2. The summed E-state index contributed by atoms with van der Waals surface area (Å²) in [5.41, 5.74) is 5.33. The molecule has 48 heavy (non-hydrogen) atoms. The molecule has 1 aromatic carbocycles. The molecule has 0 bridgehead atoms. The van der Waals surface area contributed by atoms with Crippen LogP contribution < -0.4 is 21.3 Å². The lowest BCUT2D eigenvalue weighted by Gasteiger charge is -2.30. The van der Waals surface area contributed by atoms with Crippen LogP contribution in [0.5, 0.6) is 6.01 Å². The number of ether oxygens (including phenoxy) is 1. The third-order valence-corrected chi connectivity index (χ3v) is 10.1. The summed E-state index contributed by atoms with van der Waals surface area (Å²) in [6.07, 6.45) is 2.30. The molecule has 6 heterocycles. The number of hydrogen-bond acceptors (Lipinski definition) is 9. The normalized spacial score (nSPS) is 24.3. The van der Waals surface area contributed by atoms with Crippen molar-refractivity contribution in [3.8, 4) is 17.3 Å². The van der Waals surface area contributed by atoms with Crippen LogP contribution in [0.25, 0.3) is 33.1 Å². The molecule has 16 heteroatoms. The summed E-state index contributed by atoms with van der Waals surface area (Å²) in [7, 11) is 0. The maximum absolute atomic E-state index is 17.0. The van der Waals surface area contributed by atoms with Crippen LogP contribution in [0.1, 0.15) is 55.7 Å². The molecule has 0 spiro atoms. The van der Waals surface area contributed by atoms with Crippen molar-refractivity contribution in [2.45, 2.75) is 62.4 Å². The highest BCUT2D eigenvalue weighted by molar-refractivity contribution is 6.33. The first-order valence-corrected chi connectivity index (χ1v) is 16.0. The average molecular weight is 684 g/mol. The predicted octanol–water partition coefficient (Wildman–Crippen LogP) is 5.72. The topological polar surface area (TPSA) is 151 Å². The van der Waals surface area contributed by atoms with Crippen molar-refractivity contribution in [1.29, 1.82) is 0 Å². The van der Waals surface area contributed by atoms with Crippen LogP contribution in [-0.4, -0.2) is 72.6 Å². The van der Waals surface area contributed by atoms with Crippen molar-refractivity contribution >= 4 is 45.0 Å². The Kier molecular flexibility index (Phi) is 7.25. The van der Waals surface area contributed by atoms with Crippen molar-refractivity contribution in [1.82, 2.24) is 35.0 Å². The van der Waals surface area contributed by atoms with E-state index < -0.39 is 47.0 Å². The Hall–Kier alpha value is -4.50. The molecular formula is C32H30ClF4N9O2. The lowest BCUT2D eigenvalue weighted by molar-refractivity contribution is 0.107. The van der Waals surface area contributed by atoms with Gasteiger partial charge in [0.15, 0.2) is 5.82 Å². The van der Waals surface area contributed by atoms with E-state index in [1.54, 1.807) is 13.0 Å². The zero-order valence-electron chi connectivity index (χ0n) is 25.6. The first-order chi connectivity index (χ1) is 23.0. The number of nitrogens with two attached hydrogens (primary N) is 1. The van der Waals surface area contributed by atoms with Gasteiger partial charge in [0, 0.05) is 40.4 Å². The van der Waals surface area contributed by atoms with Crippen LogP contribution in [0, 0.1) is 11.6 Å². The molecule has 1 saturated carbocycles. The Morgan fingerprint density at radius 3 is 2.85 bits per heavy atom. The number of benzene rings is 1. The number of nitrogens with zero attached hydrogens (tertiary/aromatic N) is 5. The number of alkyl halides is 2. The minimum Gasteiger partial charge on any atom is -0.461 e. The molecule has 3 aliphatic rings. The van der Waals surface area contributed by atoms with Crippen molar-refractivity contribution in [3.63, 3.8) is 0 Å². The molecule has 250 valence electrons. The Bertz CT molecular complexity index is 2160. The fourth-order valence-electron chi connectivity index (χ4n) is 7.42. The summed E-state index contributed by atoms with van der Waals surface area (Å²) in [6.45, 7) is 2.72. The quantitative estimate of drug-likeness (QED) is 0.151. The molecule has 0 radical (unpaired) electrons. The van der Waals surface area contributed by atoms with E-state index in [2.05, 4.69) is 40.3 Å². The first kappa shape index (κ1) is 30.8. The van der Waals surface area contributed by atoms with Gasteiger partial charge < -0.3 is 20.8 Å². The standard InChI is InChI=1S/C32H30ClF4N9O2/c1-13(16-5-14(34)9-39-28(16)38)41-29-24-27(43-31(44-29)48-12-32-3-2-4-46(32)11-15(35)8-32)25(37)26(42-30(24)47)23-18-10-40-45-21(18)7-19(33)22(23)17-6-20(17)36/h5,7,9-10,13,15,17,20H,2-4,6,8,11-12H2,1H3,(H2,38,39)(H,40,45)(H,42,47)(H,41,43,44)/t13-,15-,17+,20+,32+/m1/s1. The van der Waals surface area contributed by atoms with Crippen LogP contribution in [0.15, 0.2) is 29.3 Å². The maximum atomic E-state index is 17.0. The van der Waals surface area contributed by atoms with Gasteiger partial charge in [-0.2, -0.15) is 15.1 Å². The van der Waals surface area contributed by atoms with Gasteiger partial charge in [0.25, 0.3) is 5.56 Å². The number of halogens is 5. The first-order valence-electron chi connectivity index (χ1n) is 15.7. The number of aromatic amines is 2. The summed E-state index contributed by atoms with van der Waals surface area (Å²) in [5.74, 6) is -2.24. The monoisotopic (exact) mass is 683 g/mol. The lowest BCUT2D eigenvalue weighted by atomic mass is 9.95. The smallest absolute Gasteiger partial charge is 0.319 e. The van der Waals surface area contributed by atoms with E-state index in [1.165, 1.54) is 12.3 Å². The predicted molar refractivity (Wildman–Crippen MR) is 172 cm³/mol. The number of nitrogen functional groups attached to an aromatic ring is 1. The second-order valence-corrected chi connectivity index (χ2v) is 13.3. The van der Waals surface area contributed by atoms with Gasteiger partial charge in [-0.05, 0) is 50.4 Å². The van der Waals surface area contributed by atoms with Gasteiger partial charge in [-0.3, -0.25) is 14.8 Å². The van der Waals surface area contributed by atoms with Gasteiger partial charge >= 0.3 is 6.01 Å². The third-order valence-electron chi connectivity index (χ3n) is 9.82. The maximum Gasteiger partial charge on any atom is 0.319 e. The lowest BCUT2D eigenvalue weighted by Crippen LogP contribution is -2.43. The van der Waals surface area contributed by atoms with Gasteiger partial charge in [0.2, 0.25) is 0 Å². The largest absolute Gasteiger partial charge is 0.461 e. The fraction of sp³-hybridized carbons (Fsp3) is 0.406. The van der Waals surface area contributed by atoms with E-state index in [9.17, 15) is 18.0 Å². The van der Waals surface area contributed by atoms with Crippen molar-refractivity contribution in [3.05, 3.63) is 62.7 Å². The molecule has 11 nitrogen and oxygen atoms in total. The Morgan fingerprint density at radius 2 is 2.06 bits per heavy atom. The Morgan fingerprint density at radius 1 is 1.25 bits per heavy atom. The van der Waals surface area contributed by atoms with Crippen molar-refractivity contribution in [2.75, 3.05) is 30.7 Å². The van der Waals surface area contributed by atoms with Gasteiger partial charge in [-0.1, -0.05) is 11.6 Å². The van der Waals surface area contributed by atoms with E-state index in [1.807, 2.05) is 0 Å². The average Bonchev–Trinajstić information content (AvgIpc) is 3.32. The van der Waals surface area contributed by atoms with E-state index in [-0.39, 0.29) is 69.8 Å². The summed E-state index contributed by atoms with van der Waals surface area (Å²) in [4.78, 5) is 31.3. The van der Waals surface area contributed by atoms with E-state index in [4.69, 9.17) is 22.1 Å². The molecule has 0 amide bonds. The molecule has 5 aromatic rings. The van der Waals surface area contributed by atoms with Crippen LogP contribution in [0.2, 0.25) is 5.02 Å². The number of nitrogens with one attached hydrogen (secondary N) is 3. The molecule has 0 unspecified atom stereocenters. The van der Waals surface area contributed by atoms with Crippen LogP contribution in [0.3, 0.4) is 0 Å². The summed E-state index contributed by atoms with van der Waals surface area (Å²) >= 11 is 6.62. The molecule has 4 aromatic heterocycles. The highest BCUT2D eigenvalue weighted by Gasteiger charge is 2.49. The molecule has 5 N–H and O–H groups in total. The second kappa shape index (κ2) is 11.3. The van der Waals surface area contributed by atoms with Crippen LogP contribution in [0.4, 0.5) is 29.2 Å². The number of H-pyrrole nitrogens is 2. The van der Waals surface area contributed by atoms with Gasteiger partial charge in [-0.25, -0.2) is 22.5 Å². The number of aromatic nitrogens is 6. The van der Waals surface area contributed by atoms with Crippen molar-refractivity contribution in [2.24, 2.45) is 0 Å². The van der Waals surface area contributed by atoms with E-state index in [0.717, 1.165) is 19.2 Å². The Balaban J connectivity index is 1.29. The summed E-state index contributed by atoms with van der Waals surface area (Å²) in [6, 6.07) is 1.77. The molecule has 8 rings (SSSR count). The SMILES string of the molecule is C[C@@H](Nc1nc(OC[C@@]23CCCN2C[C@H](F)C3)nc2c(F)c(-c3c([C@H]4C[C@@H]4F)c(Cl)cc4[nH]ncc34)[nH]c(=O)c12)c1cc(F)cnc1N. The van der Waals surface area contributed by atoms with Crippen molar-refractivity contribution < 1.29 is 22.3 Å². The molecular weight excluding hydrogens is 654 g/mol. The highest BCUT2D eigenvalue weighted by Crippen LogP contribution is 2.52. The van der Waals surface area contributed by atoms with Gasteiger partial charge in [0.05, 0.1) is 35.2 Å². The van der Waals surface area contributed by atoms with Gasteiger partial charge in [0.1, 0.15) is 47.3 Å². The molecule has 2 aliphatic heterocycles. The number of fused-ring (bicyclic) bond motifs is 3. The molecule has 2 saturated heterocycles. The minimum absolute atomic E-state index is 0.0416. The number of rotatable bonds is 8. The fourth-order valence-corrected chi connectivity index (χ4v) is 7.76. The Labute approximate surface area is 275 Å². The molecule has 1 aliphatic carbocycles. The van der Waals surface area contributed by atoms with Crippen LogP contribution in [-0.2, 0) is 0 Å². The zero-order chi connectivity index (χ0) is 33.5.